The quantitative estimate of drug-likeness (QED) is 0.817. The SMILES string of the molecule is CN1C[C@]2(CCN(Cc3ccncc3)C2)Oc2ccccc2S1(=O)=O. The van der Waals surface area contributed by atoms with Gasteiger partial charge in [-0.25, -0.2) is 8.42 Å². The Bertz CT molecular complexity index is 872. The molecule has 1 saturated heterocycles. The van der Waals surface area contributed by atoms with E-state index in [4.69, 9.17) is 4.74 Å². The molecule has 2 aromatic rings. The molecule has 1 fully saturated rings. The number of rotatable bonds is 2. The summed E-state index contributed by atoms with van der Waals surface area (Å²) in [6.07, 6.45) is 4.38. The molecule has 0 aliphatic carbocycles. The predicted molar refractivity (Wildman–Crippen MR) is 93.7 cm³/mol. The van der Waals surface area contributed by atoms with Gasteiger partial charge in [0.2, 0.25) is 10.0 Å². The second-order valence-corrected chi connectivity index (χ2v) is 8.82. The van der Waals surface area contributed by atoms with Crippen LogP contribution in [0.2, 0.25) is 0 Å². The van der Waals surface area contributed by atoms with Crippen molar-refractivity contribution in [1.29, 1.82) is 0 Å². The summed E-state index contributed by atoms with van der Waals surface area (Å²) in [5.41, 5.74) is 0.684. The van der Waals surface area contributed by atoms with E-state index in [0.717, 1.165) is 19.5 Å². The van der Waals surface area contributed by atoms with Gasteiger partial charge in [0.15, 0.2) is 0 Å². The Morgan fingerprint density at radius 1 is 1.16 bits per heavy atom. The molecule has 0 N–H and O–H groups in total. The molecule has 4 rings (SSSR count). The number of benzene rings is 1. The van der Waals surface area contributed by atoms with Crippen LogP contribution < -0.4 is 4.74 Å². The van der Waals surface area contributed by atoms with Crippen LogP contribution in [-0.2, 0) is 16.6 Å². The summed E-state index contributed by atoms with van der Waals surface area (Å²) in [4.78, 5) is 6.61. The van der Waals surface area contributed by atoms with Crippen LogP contribution in [0.3, 0.4) is 0 Å². The summed E-state index contributed by atoms with van der Waals surface area (Å²) >= 11 is 0. The van der Waals surface area contributed by atoms with Gasteiger partial charge in [0.05, 0.1) is 6.54 Å². The molecule has 25 heavy (non-hydrogen) atoms. The minimum atomic E-state index is -3.52. The molecule has 0 unspecified atom stereocenters. The van der Waals surface area contributed by atoms with Crippen molar-refractivity contribution in [3.63, 3.8) is 0 Å². The standard InChI is InChI=1S/C18H21N3O3S/c1-20-13-18(24-16-4-2-3-5-17(16)25(20,22)23)8-11-21(14-18)12-15-6-9-19-10-7-15/h2-7,9-10H,8,11-14H2,1H3/t18-/m0/s1. The van der Waals surface area contributed by atoms with Gasteiger partial charge in [-0.2, -0.15) is 4.31 Å². The van der Waals surface area contributed by atoms with Gasteiger partial charge < -0.3 is 4.74 Å². The predicted octanol–water partition coefficient (Wildman–Crippen LogP) is 1.74. The average Bonchev–Trinajstić information content (AvgIpc) is 2.94. The fraction of sp³-hybridized carbons (Fsp3) is 0.389. The van der Waals surface area contributed by atoms with Gasteiger partial charge >= 0.3 is 0 Å². The van der Waals surface area contributed by atoms with Gasteiger partial charge in [-0.05, 0) is 29.8 Å². The van der Waals surface area contributed by atoms with Gasteiger partial charge in [-0.3, -0.25) is 9.88 Å². The zero-order chi connectivity index (χ0) is 17.5. The third-order valence-corrected chi connectivity index (χ3v) is 6.77. The van der Waals surface area contributed by atoms with Crippen molar-refractivity contribution in [2.24, 2.45) is 0 Å². The number of nitrogens with zero attached hydrogens (tertiary/aromatic N) is 3. The van der Waals surface area contributed by atoms with Gasteiger partial charge in [0.25, 0.3) is 0 Å². The molecule has 1 spiro atoms. The molecule has 2 aliphatic heterocycles. The fourth-order valence-corrected chi connectivity index (χ4v) is 5.05. The highest BCUT2D eigenvalue weighted by Gasteiger charge is 2.46. The van der Waals surface area contributed by atoms with Crippen molar-refractivity contribution in [3.8, 4) is 5.75 Å². The molecule has 132 valence electrons. The van der Waals surface area contributed by atoms with E-state index in [1.807, 2.05) is 18.2 Å². The van der Waals surface area contributed by atoms with Crippen LogP contribution in [0, 0.1) is 0 Å². The highest BCUT2D eigenvalue weighted by atomic mass is 32.2. The number of hydrogen-bond donors (Lipinski definition) is 0. The largest absolute Gasteiger partial charge is 0.483 e. The minimum Gasteiger partial charge on any atom is -0.483 e. The number of fused-ring (bicyclic) bond motifs is 1. The number of pyridine rings is 1. The van der Waals surface area contributed by atoms with Crippen molar-refractivity contribution in [2.75, 3.05) is 26.7 Å². The topological polar surface area (TPSA) is 62.7 Å². The summed E-state index contributed by atoms with van der Waals surface area (Å²) in [6, 6.07) is 10.9. The number of likely N-dealkylation sites (N-methyl/N-ethyl adjacent to an activating group) is 1. The Labute approximate surface area is 148 Å². The van der Waals surface area contributed by atoms with E-state index in [1.54, 1.807) is 37.6 Å². The van der Waals surface area contributed by atoms with Crippen molar-refractivity contribution >= 4 is 10.0 Å². The van der Waals surface area contributed by atoms with E-state index in [-0.39, 0.29) is 4.90 Å². The van der Waals surface area contributed by atoms with Crippen molar-refractivity contribution in [3.05, 3.63) is 54.4 Å². The van der Waals surface area contributed by atoms with Gasteiger partial charge in [-0.1, -0.05) is 12.1 Å². The number of likely N-dealkylation sites (tertiary alicyclic amines) is 1. The van der Waals surface area contributed by atoms with Gasteiger partial charge in [-0.15, -0.1) is 0 Å². The Morgan fingerprint density at radius 3 is 2.72 bits per heavy atom. The van der Waals surface area contributed by atoms with Crippen LogP contribution in [0.15, 0.2) is 53.7 Å². The molecular weight excluding hydrogens is 338 g/mol. The lowest BCUT2D eigenvalue weighted by Crippen LogP contribution is -2.47. The molecule has 0 saturated carbocycles. The number of sulfonamides is 1. The van der Waals surface area contributed by atoms with Crippen LogP contribution in [0.25, 0.3) is 0 Å². The average molecular weight is 359 g/mol. The zero-order valence-corrected chi connectivity index (χ0v) is 14.9. The monoisotopic (exact) mass is 359 g/mol. The van der Waals surface area contributed by atoms with Crippen LogP contribution in [0.5, 0.6) is 5.75 Å². The Hall–Kier alpha value is -1.96. The summed E-state index contributed by atoms with van der Waals surface area (Å²) in [5.74, 6) is 0.456. The molecule has 1 aromatic heterocycles. The first-order chi connectivity index (χ1) is 12.0. The van der Waals surface area contributed by atoms with Crippen LogP contribution >= 0.6 is 0 Å². The van der Waals surface area contributed by atoms with E-state index in [9.17, 15) is 8.42 Å². The molecule has 6 nitrogen and oxygen atoms in total. The van der Waals surface area contributed by atoms with Gasteiger partial charge in [0.1, 0.15) is 16.2 Å². The van der Waals surface area contributed by atoms with Crippen molar-refractivity contribution < 1.29 is 13.2 Å². The lowest BCUT2D eigenvalue weighted by Gasteiger charge is -2.30. The van der Waals surface area contributed by atoms with E-state index in [1.165, 1.54) is 9.87 Å². The van der Waals surface area contributed by atoms with Crippen molar-refractivity contribution in [1.82, 2.24) is 14.2 Å². The first-order valence-corrected chi connectivity index (χ1v) is 9.78. The van der Waals surface area contributed by atoms with Gasteiger partial charge in [0, 0.05) is 45.5 Å². The van der Waals surface area contributed by atoms with Crippen molar-refractivity contribution in [2.45, 2.75) is 23.5 Å². The third-order valence-electron chi connectivity index (χ3n) is 4.93. The minimum absolute atomic E-state index is 0.252. The molecule has 0 bridgehead atoms. The summed E-state index contributed by atoms with van der Waals surface area (Å²) in [5, 5.41) is 0. The van der Waals surface area contributed by atoms with E-state index in [0.29, 0.717) is 18.8 Å². The summed E-state index contributed by atoms with van der Waals surface area (Å²) in [7, 11) is -1.88. The van der Waals surface area contributed by atoms with Crippen LogP contribution in [0.4, 0.5) is 0 Å². The van der Waals surface area contributed by atoms with Crippen LogP contribution in [-0.4, -0.2) is 54.9 Å². The molecule has 7 heteroatoms. The number of para-hydroxylation sites is 1. The molecule has 3 heterocycles. The third kappa shape index (κ3) is 3.03. The Balaban J connectivity index is 1.61. The number of ether oxygens (including phenoxy) is 1. The number of aromatic nitrogens is 1. The molecule has 1 aromatic carbocycles. The van der Waals surface area contributed by atoms with E-state index < -0.39 is 15.6 Å². The summed E-state index contributed by atoms with van der Waals surface area (Å²) < 4.78 is 33.3. The maximum atomic E-state index is 12.8. The fourth-order valence-electron chi connectivity index (χ4n) is 3.69. The molecule has 2 aliphatic rings. The second kappa shape index (κ2) is 6.09. The molecule has 0 radical (unpaired) electrons. The van der Waals surface area contributed by atoms with E-state index in [2.05, 4.69) is 9.88 Å². The molecular formula is C18H21N3O3S. The Morgan fingerprint density at radius 2 is 1.92 bits per heavy atom. The Kier molecular flexibility index (Phi) is 4.02. The highest BCUT2D eigenvalue weighted by molar-refractivity contribution is 7.89. The first kappa shape index (κ1) is 16.5. The zero-order valence-electron chi connectivity index (χ0n) is 14.1. The lowest BCUT2D eigenvalue weighted by atomic mass is 10.0. The maximum Gasteiger partial charge on any atom is 0.246 e. The summed E-state index contributed by atoms with van der Waals surface area (Å²) in [6.45, 7) is 2.74. The highest BCUT2D eigenvalue weighted by Crippen LogP contribution is 2.37. The normalized spacial score (nSPS) is 26.1. The maximum absolute atomic E-state index is 12.8. The second-order valence-electron chi connectivity index (χ2n) is 6.81. The number of hydrogen-bond acceptors (Lipinski definition) is 5. The lowest BCUT2D eigenvalue weighted by molar-refractivity contribution is 0.0623. The molecule has 0 amide bonds. The molecule has 1 atom stereocenters. The smallest absolute Gasteiger partial charge is 0.246 e. The van der Waals surface area contributed by atoms with Crippen LogP contribution in [0.1, 0.15) is 12.0 Å². The van der Waals surface area contributed by atoms with E-state index >= 15 is 0 Å². The first-order valence-electron chi connectivity index (χ1n) is 8.34.